The third-order valence-electron chi connectivity index (χ3n) is 3.00. The standard InChI is InChI=1S/C17H14FNO2.C2H6/c1-2-3-12-4-6-13(7-5-12)17(20)21-15-9-8-14(11-19)16(18)10-15;1-2/h4-10H,2-3H2,1H3;1-2H3. The van der Waals surface area contributed by atoms with Gasteiger partial charge in [0.1, 0.15) is 17.6 Å². The quantitative estimate of drug-likeness (QED) is 0.596. The zero-order valence-electron chi connectivity index (χ0n) is 13.6. The topological polar surface area (TPSA) is 50.1 Å². The SMILES string of the molecule is CC.CCCc1ccc(C(=O)Oc2ccc(C#N)c(F)c2)cc1. The molecule has 0 unspecified atom stereocenters. The second kappa shape index (κ2) is 9.37. The summed E-state index contributed by atoms with van der Waals surface area (Å²) in [5.41, 5.74) is 1.47. The van der Waals surface area contributed by atoms with Crippen LogP contribution in [0.2, 0.25) is 0 Å². The van der Waals surface area contributed by atoms with Crippen molar-refractivity contribution in [1.29, 1.82) is 5.26 Å². The Kier molecular flexibility index (Phi) is 7.49. The molecule has 0 fully saturated rings. The molecule has 0 saturated carbocycles. The summed E-state index contributed by atoms with van der Waals surface area (Å²) in [4.78, 5) is 11.9. The molecule has 3 nitrogen and oxygen atoms in total. The van der Waals surface area contributed by atoms with Crippen LogP contribution in [0.3, 0.4) is 0 Å². The molecule has 0 saturated heterocycles. The third-order valence-corrected chi connectivity index (χ3v) is 3.00. The molecule has 0 bridgehead atoms. The average molecular weight is 313 g/mol. The van der Waals surface area contributed by atoms with Gasteiger partial charge in [0.2, 0.25) is 0 Å². The van der Waals surface area contributed by atoms with Crippen molar-refractivity contribution in [2.75, 3.05) is 0 Å². The number of nitrogens with zero attached hydrogens (tertiary/aromatic N) is 1. The maximum Gasteiger partial charge on any atom is 0.343 e. The van der Waals surface area contributed by atoms with E-state index in [1.807, 2.05) is 26.0 Å². The van der Waals surface area contributed by atoms with E-state index in [1.165, 1.54) is 12.1 Å². The molecule has 2 rings (SSSR count). The van der Waals surface area contributed by atoms with Crippen LogP contribution in [-0.2, 0) is 6.42 Å². The molecule has 2 aromatic rings. The van der Waals surface area contributed by atoms with E-state index in [4.69, 9.17) is 10.00 Å². The van der Waals surface area contributed by atoms with Crippen LogP contribution in [0.25, 0.3) is 0 Å². The van der Waals surface area contributed by atoms with Gasteiger partial charge in [-0.25, -0.2) is 9.18 Å². The minimum absolute atomic E-state index is 0.0779. The first-order chi connectivity index (χ1) is 11.1. The lowest BCUT2D eigenvalue weighted by Crippen LogP contribution is -2.08. The third kappa shape index (κ3) is 5.23. The van der Waals surface area contributed by atoms with Crippen LogP contribution in [0.15, 0.2) is 42.5 Å². The molecular weight excluding hydrogens is 293 g/mol. The summed E-state index contributed by atoms with van der Waals surface area (Å²) in [6, 6.07) is 12.5. The van der Waals surface area contributed by atoms with Crippen molar-refractivity contribution in [1.82, 2.24) is 0 Å². The van der Waals surface area contributed by atoms with Gasteiger partial charge in [-0.3, -0.25) is 0 Å². The van der Waals surface area contributed by atoms with Gasteiger partial charge in [0, 0.05) is 6.07 Å². The summed E-state index contributed by atoms with van der Waals surface area (Å²) in [6.45, 7) is 6.08. The van der Waals surface area contributed by atoms with Gasteiger partial charge in [0.25, 0.3) is 0 Å². The maximum atomic E-state index is 13.4. The number of benzene rings is 2. The first kappa shape index (κ1) is 18.4. The normalized spacial score (nSPS) is 9.35. The van der Waals surface area contributed by atoms with Crippen molar-refractivity contribution < 1.29 is 13.9 Å². The number of carbonyl (C=O) groups excluding carboxylic acids is 1. The number of hydrogen-bond donors (Lipinski definition) is 0. The molecule has 23 heavy (non-hydrogen) atoms. The van der Waals surface area contributed by atoms with Crippen LogP contribution in [0.4, 0.5) is 4.39 Å². The highest BCUT2D eigenvalue weighted by Gasteiger charge is 2.10. The first-order valence-corrected chi connectivity index (χ1v) is 7.65. The number of aryl methyl sites for hydroxylation is 1. The fourth-order valence-electron chi connectivity index (χ4n) is 1.91. The maximum absolute atomic E-state index is 13.4. The highest BCUT2D eigenvalue weighted by atomic mass is 19.1. The van der Waals surface area contributed by atoms with Crippen molar-refractivity contribution in [3.8, 4) is 11.8 Å². The van der Waals surface area contributed by atoms with Gasteiger partial charge >= 0.3 is 5.97 Å². The van der Waals surface area contributed by atoms with E-state index in [0.717, 1.165) is 24.5 Å². The number of carbonyl (C=O) groups is 1. The van der Waals surface area contributed by atoms with Crippen LogP contribution in [0, 0.1) is 17.1 Å². The minimum Gasteiger partial charge on any atom is -0.423 e. The zero-order valence-corrected chi connectivity index (χ0v) is 13.6. The Labute approximate surface area is 136 Å². The van der Waals surface area contributed by atoms with Crippen LogP contribution in [-0.4, -0.2) is 5.97 Å². The van der Waals surface area contributed by atoms with Crippen LogP contribution >= 0.6 is 0 Å². The fraction of sp³-hybridized carbons (Fsp3) is 0.263. The summed E-state index contributed by atoms with van der Waals surface area (Å²) in [5.74, 6) is -1.18. The van der Waals surface area contributed by atoms with Crippen molar-refractivity contribution in [3.63, 3.8) is 0 Å². The first-order valence-electron chi connectivity index (χ1n) is 7.65. The van der Waals surface area contributed by atoms with E-state index in [2.05, 4.69) is 6.92 Å². The number of hydrogen-bond acceptors (Lipinski definition) is 3. The monoisotopic (exact) mass is 313 g/mol. The van der Waals surface area contributed by atoms with E-state index in [-0.39, 0.29) is 11.3 Å². The van der Waals surface area contributed by atoms with Crippen LogP contribution in [0.5, 0.6) is 5.75 Å². The Bertz CT molecular complexity index is 688. The van der Waals surface area contributed by atoms with Gasteiger partial charge in [-0.05, 0) is 36.2 Å². The van der Waals surface area contributed by atoms with Gasteiger partial charge in [0.05, 0.1) is 11.1 Å². The van der Waals surface area contributed by atoms with E-state index in [1.54, 1.807) is 18.2 Å². The van der Waals surface area contributed by atoms with E-state index < -0.39 is 11.8 Å². The second-order valence-corrected chi connectivity index (χ2v) is 4.59. The molecule has 0 aromatic heterocycles. The van der Waals surface area contributed by atoms with Crippen LogP contribution in [0.1, 0.15) is 48.7 Å². The van der Waals surface area contributed by atoms with E-state index >= 15 is 0 Å². The van der Waals surface area contributed by atoms with Gasteiger partial charge < -0.3 is 4.74 Å². The Hall–Kier alpha value is -2.67. The molecule has 0 N–H and O–H groups in total. The summed E-state index contributed by atoms with van der Waals surface area (Å²) < 4.78 is 18.5. The molecular formula is C19H20FNO2. The molecule has 0 amide bonds. The summed E-state index contributed by atoms with van der Waals surface area (Å²) >= 11 is 0. The molecule has 0 aliphatic rings. The second-order valence-electron chi connectivity index (χ2n) is 4.59. The largest absolute Gasteiger partial charge is 0.423 e. The van der Waals surface area contributed by atoms with Gasteiger partial charge in [0.15, 0.2) is 0 Å². The van der Waals surface area contributed by atoms with E-state index in [0.29, 0.717) is 5.56 Å². The molecule has 0 radical (unpaired) electrons. The molecule has 0 spiro atoms. The molecule has 0 aliphatic heterocycles. The van der Waals surface area contributed by atoms with Crippen molar-refractivity contribution in [3.05, 3.63) is 65.0 Å². The van der Waals surface area contributed by atoms with Gasteiger partial charge in [-0.15, -0.1) is 0 Å². The van der Waals surface area contributed by atoms with E-state index in [9.17, 15) is 9.18 Å². The Morgan fingerprint density at radius 1 is 1.17 bits per heavy atom. The number of halogens is 1. The highest BCUT2D eigenvalue weighted by Crippen LogP contribution is 2.18. The van der Waals surface area contributed by atoms with Gasteiger partial charge in [-0.1, -0.05) is 39.3 Å². The lowest BCUT2D eigenvalue weighted by molar-refractivity contribution is 0.0734. The highest BCUT2D eigenvalue weighted by molar-refractivity contribution is 5.91. The number of esters is 1. The summed E-state index contributed by atoms with van der Waals surface area (Å²) in [7, 11) is 0. The van der Waals surface area contributed by atoms with Gasteiger partial charge in [-0.2, -0.15) is 5.26 Å². The van der Waals surface area contributed by atoms with Crippen molar-refractivity contribution >= 4 is 5.97 Å². The molecule has 120 valence electrons. The lowest BCUT2D eigenvalue weighted by Gasteiger charge is -2.06. The molecule has 0 atom stereocenters. The molecule has 0 aliphatic carbocycles. The smallest absolute Gasteiger partial charge is 0.343 e. The number of rotatable bonds is 4. The predicted octanol–water partition coefficient (Wildman–Crippen LogP) is 4.90. The number of nitriles is 1. The average Bonchev–Trinajstić information content (AvgIpc) is 2.58. The lowest BCUT2D eigenvalue weighted by atomic mass is 10.1. The zero-order chi connectivity index (χ0) is 17.2. The van der Waals surface area contributed by atoms with Crippen molar-refractivity contribution in [2.24, 2.45) is 0 Å². The number of ether oxygens (including phenoxy) is 1. The molecule has 4 heteroatoms. The Morgan fingerprint density at radius 3 is 2.35 bits per heavy atom. The summed E-state index contributed by atoms with van der Waals surface area (Å²) in [5, 5.41) is 8.64. The van der Waals surface area contributed by atoms with Crippen LogP contribution < -0.4 is 4.74 Å². The Morgan fingerprint density at radius 2 is 1.83 bits per heavy atom. The summed E-state index contributed by atoms with van der Waals surface area (Å²) in [6.07, 6.45) is 1.99. The Balaban J connectivity index is 0.00000127. The molecule has 0 heterocycles. The molecule has 2 aromatic carbocycles. The van der Waals surface area contributed by atoms with Crippen molar-refractivity contribution in [2.45, 2.75) is 33.6 Å². The fourth-order valence-corrected chi connectivity index (χ4v) is 1.91. The minimum atomic E-state index is -0.707. The predicted molar refractivity (Wildman–Crippen MR) is 87.9 cm³/mol.